The number of nitrogens with two attached hydrogens (primary N) is 1. The average molecular weight is 1720 g/mol. The van der Waals surface area contributed by atoms with Crippen LogP contribution in [0.2, 0.25) is 0 Å². The molecule has 0 saturated carbocycles. The molecule has 0 aliphatic carbocycles. The SMILES string of the molecule is CC(C)(N)C(=O)C[C@@H](CCCCNC(=O)COCCOCCCC(=O)COCCOCCNC(=O)CC[C@H](CC(=O)CCCCCCCOc1ccc(C(=O)O)cc1)C(=O)O)C(=O)C[C@@H](CCCCNC(=O)COCCOCCNC(=O)COCCOCCCC(=O)CC[C@H](NC(=O)CCCCCCCOc1ccc(C(=O)O)cc1)C(=O)O)C(=O)O.[HH].[HH]. The van der Waals surface area contributed by atoms with E-state index in [2.05, 4.69) is 26.6 Å². The molecule has 0 fully saturated rings. The third-order valence-corrected chi connectivity index (χ3v) is 18.9. The Hall–Kier alpha value is -9.27. The summed E-state index contributed by atoms with van der Waals surface area (Å²) in [6.45, 7) is 6.00. The van der Waals surface area contributed by atoms with Crippen molar-refractivity contribution in [2.75, 3.05) is 145 Å². The second kappa shape index (κ2) is 68.3. The standard InChI is InChI=1S/C85H132N6O30.2H2/c1-85(2,86)74(96)57-64(19-11-13-37-87-77(99)59-117-52-48-113-42-18-23-69(94)58-116-51-49-114-45-39-89-75(97)36-29-66(83(108)109)55-68(93)21-9-5-3-7-15-43-120-70-31-25-62(26-32-70)80(102)103)73(95)56-65(82(106)107)20-12-14-38-88-78(100)60-119-54-50-115-46-40-90-79(101)61-118-53-47-112-41-17-22-67(92)30-35-72(84(110)111)91-76(98)24-10-6-4-8-16-44-121-71-33-27-63(28-34-71)81(104)105;;/h25-28,31-34,64-66,72H,3-24,29-30,35-61,86H2,1-2H3,(H,87,99)(H,88,100)(H,89,97)(H,90,101)(H,91,98)(H,102,103)(H,104,105)(H,106,107)(H,108,109)(H,110,111);2*1H/t64-,65-,66-,72+;;/m1../s1. The monoisotopic (exact) mass is 1720 g/mol. The molecule has 0 bridgehead atoms. The highest BCUT2D eigenvalue weighted by Gasteiger charge is 2.32. The highest BCUT2D eigenvalue weighted by molar-refractivity contribution is 5.94. The first-order valence-corrected chi connectivity index (χ1v) is 42.0. The van der Waals surface area contributed by atoms with Gasteiger partial charge in [0.05, 0.1) is 108 Å². The predicted molar refractivity (Wildman–Crippen MR) is 443 cm³/mol. The van der Waals surface area contributed by atoms with Crippen LogP contribution in [0.25, 0.3) is 0 Å². The predicted octanol–water partition coefficient (Wildman–Crippen LogP) is 7.11. The van der Waals surface area contributed by atoms with Crippen molar-refractivity contribution in [3.63, 3.8) is 0 Å². The number of hydrogen-bond donors (Lipinski definition) is 11. The summed E-state index contributed by atoms with van der Waals surface area (Å²) in [4.78, 5) is 183. The number of benzene rings is 2. The summed E-state index contributed by atoms with van der Waals surface area (Å²) in [6.07, 6.45) is 10.8. The second-order valence-electron chi connectivity index (χ2n) is 29.8. The van der Waals surface area contributed by atoms with Gasteiger partial charge in [0.2, 0.25) is 29.5 Å². The van der Waals surface area contributed by atoms with Crippen LogP contribution in [-0.2, 0) is 100 Å². The number of unbranched alkanes of at least 4 members (excludes halogenated alkanes) is 10. The van der Waals surface area contributed by atoms with Gasteiger partial charge in [-0.1, -0.05) is 51.4 Å². The van der Waals surface area contributed by atoms with Gasteiger partial charge in [0.15, 0.2) is 11.6 Å². The molecule has 2 aromatic carbocycles. The molecule has 4 atom stereocenters. The lowest BCUT2D eigenvalue weighted by atomic mass is 9.83. The number of amides is 5. The minimum absolute atomic E-state index is 0. The second-order valence-corrected chi connectivity index (χ2v) is 29.8. The summed E-state index contributed by atoms with van der Waals surface area (Å²) in [5, 5.41) is 60.5. The third kappa shape index (κ3) is 59.2. The summed E-state index contributed by atoms with van der Waals surface area (Å²) in [6, 6.07) is 11.1. The molecule has 0 heterocycles. The smallest absolute Gasteiger partial charge is 0.335 e. The number of carboxylic acid groups (broad SMARTS) is 5. The van der Waals surface area contributed by atoms with Gasteiger partial charge in [-0.15, -0.1) is 0 Å². The van der Waals surface area contributed by atoms with Gasteiger partial charge in [0, 0.05) is 106 Å². The summed E-state index contributed by atoms with van der Waals surface area (Å²) < 4.78 is 54.6. The molecule has 0 aliphatic heterocycles. The summed E-state index contributed by atoms with van der Waals surface area (Å²) in [5.74, 6) is -10.3. The van der Waals surface area contributed by atoms with E-state index >= 15 is 0 Å². The van der Waals surface area contributed by atoms with Crippen molar-refractivity contribution < 1.29 is 148 Å². The van der Waals surface area contributed by atoms with E-state index in [1.807, 2.05) is 0 Å². The van der Waals surface area contributed by atoms with Crippen LogP contribution in [0.1, 0.15) is 224 Å². The molecule has 686 valence electrons. The van der Waals surface area contributed by atoms with Crippen molar-refractivity contribution >= 4 is 88.3 Å². The number of ketones is 5. The molecule has 0 saturated heterocycles. The topological polar surface area (TPSA) is 536 Å². The largest absolute Gasteiger partial charge is 0.494 e. The van der Waals surface area contributed by atoms with Gasteiger partial charge >= 0.3 is 29.8 Å². The van der Waals surface area contributed by atoms with Gasteiger partial charge in [-0.2, -0.15) is 0 Å². The third-order valence-electron chi connectivity index (χ3n) is 18.9. The number of nitrogens with one attached hydrogen (secondary N) is 5. The van der Waals surface area contributed by atoms with E-state index in [-0.39, 0.29) is 276 Å². The van der Waals surface area contributed by atoms with Crippen molar-refractivity contribution in [3.05, 3.63) is 59.7 Å². The Labute approximate surface area is 711 Å². The molecule has 0 radical (unpaired) electrons. The van der Waals surface area contributed by atoms with Gasteiger partial charge in [0.25, 0.3) is 0 Å². The fraction of sp³-hybridized carbons (Fsp3) is 0.682. The molecule has 36 heteroatoms. The molecule has 2 aromatic rings. The van der Waals surface area contributed by atoms with E-state index in [9.17, 15) is 87.2 Å². The van der Waals surface area contributed by atoms with Gasteiger partial charge in [0.1, 0.15) is 61.3 Å². The number of hydrogen-bond acceptors (Lipinski definition) is 26. The Kier molecular flexibility index (Phi) is 60.8. The average Bonchev–Trinajstić information content (AvgIpc) is 0.867. The van der Waals surface area contributed by atoms with Crippen molar-refractivity contribution in [1.29, 1.82) is 0 Å². The van der Waals surface area contributed by atoms with Crippen LogP contribution >= 0.6 is 0 Å². The van der Waals surface area contributed by atoms with E-state index < -0.39 is 71.0 Å². The van der Waals surface area contributed by atoms with Crippen LogP contribution in [0.4, 0.5) is 0 Å². The molecular weight excluding hydrogens is 1580 g/mol. The van der Waals surface area contributed by atoms with E-state index in [4.69, 9.17) is 63.3 Å². The zero-order chi connectivity index (χ0) is 89.1. The van der Waals surface area contributed by atoms with Gasteiger partial charge in [-0.3, -0.25) is 57.5 Å². The molecule has 5 amide bonds. The molecule has 12 N–H and O–H groups in total. The van der Waals surface area contributed by atoms with Gasteiger partial charge in [-0.25, -0.2) is 14.4 Å². The maximum atomic E-state index is 13.6. The lowest BCUT2D eigenvalue weighted by Gasteiger charge is -2.22. The molecule has 0 spiro atoms. The van der Waals surface area contributed by atoms with Crippen molar-refractivity contribution in [2.45, 2.75) is 212 Å². The van der Waals surface area contributed by atoms with Gasteiger partial charge < -0.3 is 105 Å². The van der Waals surface area contributed by atoms with Crippen LogP contribution in [-0.4, -0.2) is 271 Å². The fourth-order valence-corrected chi connectivity index (χ4v) is 11.8. The molecule has 36 nitrogen and oxygen atoms in total. The lowest BCUT2D eigenvalue weighted by Crippen LogP contribution is -2.43. The summed E-state index contributed by atoms with van der Waals surface area (Å²) in [5.41, 5.74) is 5.19. The number of carbonyl (C=O) groups is 15. The zero-order valence-corrected chi connectivity index (χ0v) is 70.5. The zero-order valence-electron chi connectivity index (χ0n) is 70.5. The Balaban J connectivity index is 0.0000744. The first kappa shape index (κ1) is 108. The van der Waals surface area contributed by atoms with E-state index in [0.717, 1.165) is 51.4 Å². The maximum absolute atomic E-state index is 13.6. The number of carboxylic acids is 5. The van der Waals surface area contributed by atoms with E-state index in [1.54, 1.807) is 24.3 Å². The molecule has 2 rings (SSSR count). The highest BCUT2D eigenvalue weighted by atomic mass is 16.5. The Morgan fingerprint density at radius 2 is 0.727 bits per heavy atom. The highest BCUT2D eigenvalue weighted by Crippen LogP contribution is 2.25. The minimum atomic E-state index is -1.22. The maximum Gasteiger partial charge on any atom is 0.335 e. The molecule has 121 heavy (non-hydrogen) atoms. The Bertz CT molecular complexity index is 3390. The van der Waals surface area contributed by atoms with Crippen molar-refractivity contribution in [1.82, 2.24) is 26.6 Å². The minimum Gasteiger partial charge on any atom is -0.494 e. The summed E-state index contributed by atoms with van der Waals surface area (Å²) >= 11 is 0. The number of carbonyl (C=O) groups excluding carboxylic acids is 10. The van der Waals surface area contributed by atoms with Crippen LogP contribution in [0.3, 0.4) is 0 Å². The normalized spacial score (nSPS) is 12.3. The molecule has 0 aliphatic rings. The van der Waals surface area contributed by atoms with E-state index in [1.165, 1.54) is 38.1 Å². The molecular formula is C85H136N6O30. The van der Waals surface area contributed by atoms with Crippen LogP contribution in [0, 0.1) is 17.8 Å². The quantitative estimate of drug-likeness (QED) is 0.0294. The molecule has 0 unspecified atom stereocenters. The summed E-state index contributed by atoms with van der Waals surface area (Å²) in [7, 11) is 0. The van der Waals surface area contributed by atoms with E-state index in [0.29, 0.717) is 76.1 Å². The first-order valence-electron chi connectivity index (χ1n) is 42.0. The Morgan fingerprint density at radius 1 is 0.331 bits per heavy atom. The van der Waals surface area contributed by atoms with Gasteiger partial charge in [-0.05, 0) is 139 Å². The van der Waals surface area contributed by atoms with Crippen LogP contribution in [0.5, 0.6) is 11.5 Å². The number of rotatable bonds is 82. The first-order chi connectivity index (χ1) is 58.0. The Morgan fingerprint density at radius 3 is 1.19 bits per heavy atom. The van der Waals surface area contributed by atoms with Crippen LogP contribution in [0.15, 0.2) is 48.5 Å². The van der Waals surface area contributed by atoms with Crippen molar-refractivity contribution in [2.24, 2.45) is 23.5 Å². The number of aromatic carboxylic acids is 2. The number of Topliss-reactive ketones (excluding diaryl/α,β-unsaturated/α-hetero) is 5. The lowest BCUT2D eigenvalue weighted by molar-refractivity contribution is -0.145. The number of ether oxygens (including phenoxy) is 10. The fourth-order valence-electron chi connectivity index (χ4n) is 11.8. The molecule has 0 aromatic heterocycles. The van der Waals surface area contributed by atoms with Crippen molar-refractivity contribution in [3.8, 4) is 11.5 Å². The van der Waals surface area contributed by atoms with Crippen LogP contribution < -0.4 is 41.8 Å². The number of aliphatic carboxylic acids is 3.